The van der Waals surface area contributed by atoms with Crippen LogP contribution in [0.5, 0.6) is 0 Å². The Hall–Kier alpha value is -1.36. The lowest BCUT2D eigenvalue weighted by Crippen LogP contribution is -2.41. The molecule has 3 atom stereocenters. The Kier molecular flexibility index (Phi) is 5.36. The largest absolute Gasteiger partial charge is 0.378 e. The predicted octanol–water partition coefficient (Wildman–Crippen LogP) is 3.30. The average Bonchev–Trinajstić information content (AvgIpc) is 3.09. The van der Waals surface area contributed by atoms with Crippen molar-refractivity contribution in [1.82, 2.24) is 14.9 Å². The number of hydrogen-bond acceptors (Lipinski definition) is 3. The highest BCUT2D eigenvalue weighted by molar-refractivity contribution is 5.77. The molecule has 23 heavy (non-hydrogen) atoms. The van der Waals surface area contributed by atoms with Gasteiger partial charge < -0.3 is 14.6 Å². The van der Waals surface area contributed by atoms with Gasteiger partial charge in [-0.25, -0.2) is 4.98 Å². The third-order valence-electron chi connectivity index (χ3n) is 5.29. The minimum atomic E-state index is 0.131. The summed E-state index contributed by atoms with van der Waals surface area (Å²) >= 11 is 0. The minimum absolute atomic E-state index is 0.131. The molecule has 0 aliphatic carbocycles. The van der Waals surface area contributed by atoms with Crippen molar-refractivity contribution in [2.75, 3.05) is 13.2 Å². The van der Waals surface area contributed by atoms with Crippen LogP contribution in [0.25, 0.3) is 0 Å². The molecule has 0 aromatic carbocycles. The summed E-state index contributed by atoms with van der Waals surface area (Å²) < 4.78 is 5.84. The van der Waals surface area contributed by atoms with Crippen LogP contribution >= 0.6 is 0 Å². The summed E-state index contributed by atoms with van der Waals surface area (Å²) in [6, 6.07) is 0.131. The van der Waals surface area contributed by atoms with E-state index in [0.717, 1.165) is 44.7 Å². The van der Waals surface area contributed by atoms with E-state index < -0.39 is 0 Å². The Labute approximate surface area is 138 Å². The summed E-state index contributed by atoms with van der Waals surface area (Å²) in [5, 5.41) is 0. The van der Waals surface area contributed by atoms with Crippen LogP contribution in [0.15, 0.2) is 12.4 Å². The second kappa shape index (κ2) is 7.47. The van der Waals surface area contributed by atoms with Crippen molar-refractivity contribution in [3.63, 3.8) is 0 Å². The molecule has 2 aliphatic heterocycles. The van der Waals surface area contributed by atoms with Crippen LogP contribution in [-0.2, 0) is 9.53 Å². The first-order valence-corrected chi connectivity index (χ1v) is 9.05. The number of carbonyl (C=O) groups is 1. The van der Waals surface area contributed by atoms with E-state index in [-0.39, 0.29) is 6.04 Å². The molecule has 2 saturated heterocycles. The predicted molar refractivity (Wildman–Crippen MR) is 88.8 cm³/mol. The molecule has 3 unspecified atom stereocenters. The quantitative estimate of drug-likeness (QED) is 0.926. The molecule has 3 rings (SSSR count). The molecule has 1 amide bonds. The number of hydrogen-bond donors (Lipinski definition) is 1. The fraction of sp³-hybridized carbons (Fsp3) is 0.778. The number of amides is 1. The molecule has 0 saturated carbocycles. The van der Waals surface area contributed by atoms with Crippen LogP contribution in [0, 0.1) is 11.8 Å². The van der Waals surface area contributed by atoms with E-state index in [0.29, 0.717) is 30.3 Å². The maximum absolute atomic E-state index is 12.9. The molecule has 0 radical (unpaired) electrons. The number of rotatable bonds is 4. The smallest absolute Gasteiger partial charge is 0.223 e. The van der Waals surface area contributed by atoms with Gasteiger partial charge in [-0.3, -0.25) is 4.79 Å². The van der Waals surface area contributed by atoms with Crippen molar-refractivity contribution >= 4 is 5.91 Å². The zero-order valence-corrected chi connectivity index (χ0v) is 14.3. The Morgan fingerprint density at radius 3 is 3.04 bits per heavy atom. The summed E-state index contributed by atoms with van der Waals surface area (Å²) in [5.74, 6) is 2.21. The summed E-state index contributed by atoms with van der Waals surface area (Å²) in [6.07, 6.45) is 9.90. The third kappa shape index (κ3) is 3.94. The zero-order valence-electron chi connectivity index (χ0n) is 14.3. The van der Waals surface area contributed by atoms with Crippen molar-refractivity contribution in [3.05, 3.63) is 18.2 Å². The second-order valence-corrected chi connectivity index (χ2v) is 7.32. The number of carbonyl (C=O) groups excluding carboxylic acids is 1. The van der Waals surface area contributed by atoms with Crippen LogP contribution < -0.4 is 0 Å². The molecule has 0 spiro atoms. The number of likely N-dealkylation sites (tertiary alicyclic amines) is 1. The van der Waals surface area contributed by atoms with Crippen molar-refractivity contribution in [3.8, 4) is 0 Å². The van der Waals surface area contributed by atoms with Crippen molar-refractivity contribution in [1.29, 1.82) is 0 Å². The molecule has 1 N–H and O–H groups in total. The van der Waals surface area contributed by atoms with Gasteiger partial charge in [0.1, 0.15) is 5.82 Å². The SMILES string of the molecule is CC(C)C1CC(CC(=O)N2CCCCC2c2ncc[nH]2)CCO1. The first-order valence-electron chi connectivity index (χ1n) is 9.05. The first kappa shape index (κ1) is 16.5. The van der Waals surface area contributed by atoms with Gasteiger partial charge in [0, 0.05) is 32.0 Å². The van der Waals surface area contributed by atoms with Gasteiger partial charge in [0.2, 0.25) is 5.91 Å². The van der Waals surface area contributed by atoms with Gasteiger partial charge in [-0.1, -0.05) is 13.8 Å². The standard InChI is InChI=1S/C18H29N3O2/c1-13(2)16-11-14(6-10-23-16)12-17(22)21-9-4-3-5-15(21)18-19-7-8-20-18/h7-8,13-16H,3-6,9-12H2,1-2H3,(H,19,20). The molecule has 2 aliphatic rings. The van der Waals surface area contributed by atoms with E-state index in [2.05, 4.69) is 28.7 Å². The molecule has 5 heteroatoms. The molecule has 0 bridgehead atoms. The number of nitrogens with one attached hydrogen (secondary N) is 1. The molecule has 3 heterocycles. The van der Waals surface area contributed by atoms with Gasteiger partial charge >= 0.3 is 0 Å². The monoisotopic (exact) mass is 319 g/mol. The molecule has 5 nitrogen and oxygen atoms in total. The summed E-state index contributed by atoms with van der Waals surface area (Å²) in [6.45, 7) is 6.06. The molecule has 1 aromatic rings. The first-order chi connectivity index (χ1) is 11.1. The number of piperidine rings is 1. The lowest BCUT2D eigenvalue weighted by molar-refractivity contribution is -0.137. The Balaban J connectivity index is 1.62. The molecule has 1 aromatic heterocycles. The second-order valence-electron chi connectivity index (χ2n) is 7.32. The Morgan fingerprint density at radius 2 is 2.30 bits per heavy atom. The summed E-state index contributed by atoms with van der Waals surface area (Å²) in [5.41, 5.74) is 0. The van der Waals surface area contributed by atoms with E-state index in [1.165, 1.54) is 6.42 Å². The van der Waals surface area contributed by atoms with Crippen molar-refractivity contribution in [2.45, 2.75) is 64.5 Å². The summed E-state index contributed by atoms with van der Waals surface area (Å²) in [4.78, 5) is 22.5. The normalized spacial score (nSPS) is 29.0. The number of imidazole rings is 1. The summed E-state index contributed by atoms with van der Waals surface area (Å²) in [7, 11) is 0. The number of aromatic nitrogens is 2. The number of H-pyrrole nitrogens is 1. The fourth-order valence-corrected chi connectivity index (χ4v) is 3.89. The van der Waals surface area contributed by atoms with E-state index in [1.807, 2.05) is 6.20 Å². The lowest BCUT2D eigenvalue weighted by atomic mass is 9.87. The molecule has 128 valence electrons. The van der Waals surface area contributed by atoms with E-state index in [9.17, 15) is 4.79 Å². The van der Waals surface area contributed by atoms with Gasteiger partial charge in [0.05, 0.1) is 12.1 Å². The van der Waals surface area contributed by atoms with Gasteiger partial charge in [0.25, 0.3) is 0 Å². The van der Waals surface area contributed by atoms with Crippen LogP contribution in [-0.4, -0.2) is 40.0 Å². The van der Waals surface area contributed by atoms with Crippen LogP contribution in [0.3, 0.4) is 0 Å². The number of aromatic amines is 1. The van der Waals surface area contributed by atoms with Crippen molar-refractivity contribution < 1.29 is 9.53 Å². The average molecular weight is 319 g/mol. The third-order valence-corrected chi connectivity index (χ3v) is 5.29. The highest BCUT2D eigenvalue weighted by Crippen LogP contribution is 2.32. The van der Waals surface area contributed by atoms with Gasteiger partial charge in [-0.05, 0) is 43.9 Å². The fourth-order valence-electron chi connectivity index (χ4n) is 3.89. The zero-order chi connectivity index (χ0) is 16.2. The van der Waals surface area contributed by atoms with E-state index in [1.54, 1.807) is 6.20 Å². The minimum Gasteiger partial charge on any atom is -0.378 e. The Bertz CT molecular complexity index is 500. The molecule has 2 fully saturated rings. The van der Waals surface area contributed by atoms with Crippen LogP contribution in [0.2, 0.25) is 0 Å². The van der Waals surface area contributed by atoms with Crippen LogP contribution in [0.1, 0.15) is 64.2 Å². The topological polar surface area (TPSA) is 58.2 Å². The highest BCUT2D eigenvalue weighted by atomic mass is 16.5. The van der Waals surface area contributed by atoms with Crippen LogP contribution in [0.4, 0.5) is 0 Å². The van der Waals surface area contributed by atoms with E-state index in [4.69, 9.17) is 4.74 Å². The lowest BCUT2D eigenvalue weighted by Gasteiger charge is -2.37. The van der Waals surface area contributed by atoms with E-state index >= 15 is 0 Å². The number of ether oxygens (including phenoxy) is 1. The molecular formula is C18H29N3O2. The van der Waals surface area contributed by atoms with Gasteiger partial charge in [-0.15, -0.1) is 0 Å². The van der Waals surface area contributed by atoms with Crippen molar-refractivity contribution in [2.24, 2.45) is 11.8 Å². The maximum atomic E-state index is 12.9. The Morgan fingerprint density at radius 1 is 1.43 bits per heavy atom. The van der Waals surface area contributed by atoms with Gasteiger partial charge in [-0.2, -0.15) is 0 Å². The molecular weight excluding hydrogens is 290 g/mol. The number of nitrogens with zero attached hydrogens (tertiary/aromatic N) is 2. The highest BCUT2D eigenvalue weighted by Gasteiger charge is 2.32. The van der Waals surface area contributed by atoms with Gasteiger partial charge in [0.15, 0.2) is 0 Å². The maximum Gasteiger partial charge on any atom is 0.223 e.